The van der Waals surface area contributed by atoms with Gasteiger partial charge in [-0.25, -0.2) is 4.68 Å². The van der Waals surface area contributed by atoms with Crippen molar-refractivity contribution in [3.05, 3.63) is 64.3 Å². The molecule has 1 aliphatic rings. The molecule has 0 saturated heterocycles. The molecule has 154 valence electrons. The molecule has 1 amide bonds. The number of Topliss-reactive ketones (excluding diaryl/α,β-unsaturated/α-hetero) is 1. The first-order valence-electron chi connectivity index (χ1n) is 9.68. The monoisotopic (exact) mass is 405 g/mol. The second-order valence-electron chi connectivity index (χ2n) is 7.58. The van der Waals surface area contributed by atoms with E-state index in [9.17, 15) is 14.7 Å². The molecular formula is C23H23N3O4. The van der Waals surface area contributed by atoms with Crippen LogP contribution in [0.25, 0.3) is 5.69 Å². The number of phenolic OH excluding ortho intramolecular Hbond substituents is 1. The van der Waals surface area contributed by atoms with Gasteiger partial charge in [0.15, 0.2) is 17.3 Å². The minimum atomic E-state index is -0.664. The number of ether oxygens (including phenoxy) is 1. The van der Waals surface area contributed by atoms with Gasteiger partial charge in [-0.3, -0.25) is 9.59 Å². The van der Waals surface area contributed by atoms with Gasteiger partial charge in [0.25, 0.3) is 0 Å². The molecule has 0 spiro atoms. The third-order valence-electron chi connectivity index (χ3n) is 5.62. The number of amides is 1. The highest BCUT2D eigenvalue weighted by molar-refractivity contribution is 6.08. The molecule has 1 aromatic heterocycles. The van der Waals surface area contributed by atoms with Crippen LogP contribution in [0.3, 0.4) is 0 Å². The van der Waals surface area contributed by atoms with Crippen molar-refractivity contribution in [2.45, 2.75) is 33.1 Å². The Morgan fingerprint density at radius 2 is 1.93 bits per heavy atom. The van der Waals surface area contributed by atoms with Crippen LogP contribution in [0.4, 0.5) is 5.82 Å². The van der Waals surface area contributed by atoms with Crippen molar-refractivity contribution in [2.75, 3.05) is 12.4 Å². The number of fused-ring (bicyclic) bond motifs is 1. The molecule has 1 unspecified atom stereocenters. The first-order chi connectivity index (χ1) is 14.3. The third-order valence-corrected chi connectivity index (χ3v) is 5.62. The second-order valence-corrected chi connectivity index (χ2v) is 7.58. The van der Waals surface area contributed by atoms with Gasteiger partial charge in [-0.05, 0) is 62.2 Å². The van der Waals surface area contributed by atoms with Gasteiger partial charge < -0.3 is 15.2 Å². The van der Waals surface area contributed by atoms with Crippen LogP contribution in [-0.2, 0) is 4.79 Å². The lowest BCUT2D eigenvalue weighted by Gasteiger charge is -2.23. The Hall–Kier alpha value is -3.61. The van der Waals surface area contributed by atoms with E-state index in [0.717, 1.165) is 16.8 Å². The molecule has 0 bridgehead atoms. The van der Waals surface area contributed by atoms with E-state index in [1.54, 1.807) is 4.68 Å². The van der Waals surface area contributed by atoms with Gasteiger partial charge in [0.1, 0.15) is 5.82 Å². The summed E-state index contributed by atoms with van der Waals surface area (Å²) in [4.78, 5) is 25.8. The zero-order valence-electron chi connectivity index (χ0n) is 17.3. The molecule has 3 aromatic rings. The van der Waals surface area contributed by atoms with E-state index in [4.69, 9.17) is 4.74 Å². The number of hydrogen-bond donors (Lipinski definition) is 2. The fourth-order valence-corrected chi connectivity index (χ4v) is 3.85. The number of benzene rings is 2. The minimum absolute atomic E-state index is 0.0362. The fourth-order valence-electron chi connectivity index (χ4n) is 3.85. The number of carbonyl (C=O) groups is 2. The van der Waals surface area contributed by atoms with Gasteiger partial charge >= 0.3 is 0 Å². The smallest absolute Gasteiger partial charge is 0.226 e. The van der Waals surface area contributed by atoms with Gasteiger partial charge in [0.05, 0.1) is 24.4 Å². The van der Waals surface area contributed by atoms with Gasteiger partial charge in [-0.15, -0.1) is 0 Å². The molecule has 1 aliphatic heterocycles. The van der Waals surface area contributed by atoms with Gasteiger partial charge in [0, 0.05) is 17.5 Å². The van der Waals surface area contributed by atoms with Crippen LogP contribution in [0.15, 0.2) is 36.4 Å². The topological polar surface area (TPSA) is 93.5 Å². The lowest BCUT2D eigenvalue weighted by molar-refractivity contribution is -0.116. The molecule has 0 aliphatic carbocycles. The Labute approximate surface area is 174 Å². The van der Waals surface area contributed by atoms with E-state index in [1.807, 2.05) is 39.0 Å². The summed E-state index contributed by atoms with van der Waals surface area (Å²) in [6.07, 6.45) is 0.0362. The number of rotatable bonds is 4. The Kier molecular flexibility index (Phi) is 4.81. The Balaban J connectivity index is 1.81. The Morgan fingerprint density at radius 1 is 1.17 bits per heavy atom. The molecule has 4 rings (SSSR count). The Morgan fingerprint density at radius 3 is 2.63 bits per heavy atom. The van der Waals surface area contributed by atoms with E-state index in [2.05, 4.69) is 10.4 Å². The first kappa shape index (κ1) is 19.7. The second kappa shape index (κ2) is 7.33. The number of aromatic nitrogens is 2. The number of carbonyl (C=O) groups excluding carboxylic acids is 2. The minimum Gasteiger partial charge on any atom is -0.504 e. The highest BCUT2D eigenvalue weighted by Crippen LogP contribution is 2.39. The molecular weight excluding hydrogens is 382 g/mol. The van der Waals surface area contributed by atoms with Gasteiger partial charge in [-0.2, -0.15) is 5.10 Å². The summed E-state index contributed by atoms with van der Waals surface area (Å²) < 4.78 is 6.81. The molecule has 0 fully saturated rings. The van der Waals surface area contributed by atoms with Crippen LogP contribution in [0.1, 0.15) is 45.1 Å². The number of phenols is 1. The summed E-state index contributed by atoms with van der Waals surface area (Å²) in [7, 11) is 1.42. The van der Waals surface area contributed by atoms with Gasteiger partial charge in [-0.1, -0.05) is 6.07 Å². The summed E-state index contributed by atoms with van der Waals surface area (Å²) in [5, 5.41) is 17.3. The van der Waals surface area contributed by atoms with Crippen molar-refractivity contribution in [1.29, 1.82) is 0 Å². The van der Waals surface area contributed by atoms with E-state index in [1.165, 1.54) is 25.3 Å². The predicted molar refractivity (Wildman–Crippen MR) is 113 cm³/mol. The van der Waals surface area contributed by atoms with E-state index in [-0.39, 0.29) is 29.6 Å². The van der Waals surface area contributed by atoms with E-state index in [0.29, 0.717) is 22.6 Å². The molecule has 0 saturated carbocycles. The van der Waals surface area contributed by atoms with Crippen molar-refractivity contribution in [2.24, 2.45) is 0 Å². The number of anilines is 1. The zero-order valence-corrected chi connectivity index (χ0v) is 17.3. The fraction of sp³-hybridized carbons (Fsp3) is 0.261. The molecule has 7 nitrogen and oxygen atoms in total. The summed E-state index contributed by atoms with van der Waals surface area (Å²) in [5.41, 5.74) is 4.86. The van der Waals surface area contributed by atoms with Crippen molar-refractivity contribution in [1.82, 2.24) is 9.78 Å². The van der Waals surface area contributed by atoms with Crippen molar-refractivity contribution >= 4 is 17.5 Å². The van der Waals surface area contributed by atoms with Crippen LogP contribution in [0.2, 0.25) is 0 Å². The number of aromatic hydroxyl groups is 1. The summed E-state index contributed by atoms with van der Waals surface area (Å²) >= 11 is 0. The summed E-state index contributed by atoms with van der Waals surface area (Å²) in [6.45, 7) is 5.89. The molecule has 30 heavy (non-hydrogen) atoms. The molecule has 1 atom stereocenters. The van der Waals surface area contributed by atoms with E-state index < -0.39 is 5.92 Å². The standard InChI is InChI=1S/C23H23N3O4/c1-12-5-7-16(9-13(12)2)26-23-21(14(3)25-26)17(11-20(28)24-23)22(29)15-6-8-18(27)19(10-15)30-4/h5-10,17,27H,11H2,1-4H3,(H,24,28). The number of ketones is 1. The van der Waals surface area contributed by atoms with Crippen LogP contribution in [0.5, 0.6) is 11.5 Å². The zero-order chi connectivity index (χ0) is 21.6. The third kappa shape index (κ3) is 3.22. The van der Waals surface area contributed by atoms with Crippen LogP contribution >= 0.6 is 0 Å². The number of hydrogen-bond acceptors (Lipinski definition) is 5. The highest BCUT2D eigenvalue weighted by Gasteiger charge is 2.36. The lowest BCUT2D eigenvalue weighted by Crippen LogP contribution is -2.28. The van der Waals surface area contributed by atoms with Crippen molar-refractivity contribution in [3.63, 3.8) is 0 Å². The number of aryl methyl sites for hydroxylation is 3. The Bertz CT molecular complexity index is 1180. The molecule has 2 heterocycles. The average Bonchev–Trinajstić information content (AvgIpc) is 3.05. The summed E-state index contributed by atoms with van der Waals surface area (Å²) in [5.74, 6) is -0.429. The highest BCUT2D eigenvalue weighted by atomic mass is 16.5. The number of nitrogens with zero attached hydrogens (tertiary/aromatic N) is 2. The maximum absolute atomic E-state index is 13.3. The molecule has 0 radical (unpaired) electrons. The maximum atomic E-state index is 13.3. The van der Waals surface area contributed by atoms with Crippen molar-refractivity contribution < 1.29 is 19.4 Å². The van der Waals surface area contributed by atoms with Crippen LogP contribution < -0.4 is 10.1 Å². The number of nitrogens with one attached hydrogen (secondary N) is 1. The normalized spacial score (nSPS) is 15.5. The molecule has 7 heteroatoms. The molecule has 2 aromatic carbocycles. The average molecular weight is 405 g/mol. The largest absolute Gasteiger partial charge is 0.504 e. The van der Waals surface area contributed by atoms with E-state index >= 15 is 0 Å². The lowest BCUT2D eigenvalue weighted by atomic mass is 9.85. The van der Waals surface area contributed by atoms with Crippen LogP contribution in [0, 0.1) is 20.8 Å². The first-order valence-corrected chi connectivity index (χ1v) is 9.68. The summed E-state index contributed by atoms with van der Waals surface area (Å²) in [6, 6.07) is 10.4. The van der Waals surface area contributed by atoms with Crippen molar-refractivity contribution in [3.8, 4) is 17.2 Å². The SMILES string of the molecule is COc1cc(C(=O)C2CC(=O)Nc3c2c(C)nn3-c2ccc(C)c(C)c2)ccc1O. The van der Waals surface area contributed by atoms with Gasteiger partial charge in [0.2, 0.25) is 5.91 Å². The quantitative estimate of drug-likeness (QED) is 0.644. The maximum Gasteiger partial charge on any atom is 0.226 e. The predicted octanol–water partition coefficient (Wildman–Crippen LogP) is 3.82. The van der Waals surface area contributed by atoms with Crippen LogP contribution in [-0.4, -0.2) is 33.7 Å². The number of methoxy groups -OCH3 is 1. The molecule has 2 N–H and O–H groups in total.